The van der Waals surface area contributed by atoms with Gasteiger partial charge in [-0.15, -0.1) is 0 Å². The van der Waals surface area contributed by atoms with E-state index in [0.717, 1.165) is 17.6 Å². The first-order valence-corrected chi connectivity index (χ1v) is 9.28. The third kappa shape index (κ3) is 3.21. The molecular weight excluding hydrogens is 320 g/mol. The van der Waals surface area contributed by atoms with Crippen molar-refractivity contribution in [3.8, 4) is 0 Å². The van der Waals surface area contributed by atoms with Gasteiger partial charge in [0.25, 0.3) is 0 Å². The van der Waals surface area contributed by atoms with E-state index >= 15 is 0 Å². The molecule has 2 nitrogen and oxygen atoms in total. The zero-order valence-corrected chi connectivity index (χ0v) is 16.4. The van der Waals surface area contributed by atoms with Crippen molar-refractivity contribution in [2.75, 3.05) is 0 Å². The van der Waals surface area contributed by atoms with Crippen LogP contribution in [0.4, 0.5) is 0 Å². The summed E-state index contributed by atoms with van der Waals surface area (Å²) in [6.45, 7) is 11.4. The Labute approximate surface area is 156 Å². The monoisotopic (exact) mass is 348 g/mol. The normalized spacial score (nSPS) is 18.3. The zero-order chi connectivity index (χ0) is 19.1. The fraction of sp³-hybridized carbons (Fsp3) is 0.375. The van der Waals surface area contributed by atoms with Gasteiger partial charge < -0.3 is 5.11 Å². The van der Waals surface area contributed by atoms with Crippen molar-refractivity contribution in [2.45, 2.75) is 58.3 Å². The maximum atomic E-state index is 11.5. The van der Waals surface area contributed by atoms with Crippen molar-refractivity contribution in [3.05, 3.63) is 70.3 Å². The number of hydrogen-bond donors (Lipinski definition) is 1. The molecule has 0 saturated carbocycles. The van der Waals surface area contributed by atoms with Crippen LogP contribution in [0, 0.1) is 0 Å². The van der Waals surface area contributed by atoms with Crippen LogP contribution in [0.2, 0.25) is 0 Å². The van der Waals surface area contributed by atoms with Gasteiger partial charge in [0.1, 0.15) is 0 Å². The Kier molecular flexibility index (Phi) is 4.56. The number of benzene rings is 2. The number of rotatable bonds is 3. The Morgan fingerprint density at radius 1 is 0.923 bits per heavy atom. The second-order valence-corrected chi connectivity index (χ2v) is 8.72. The Morgan fingerprint density at radius 3 is 2.23 bits per heavy atom. The Hall–Kier alpha value is -2.35. The molecule has 2 heteroatoms. The summed E-state index contributed by atoms with van der Waals surface area (Å²) in [6.07, 6.45) is 4.35. The molecule has 0 heterocycles. The fourth-order valence-corrected chi connectivity index (χ4v) is 4.19. The van der Waals surface area contributed by atoms with E-state index in [4.69, 9.17) is 0 Å². The van der Waals surface area contributed by atoms with Gasteiger partial charge in [-0.25, -0.2) is 4.79 Å². The van der Waals surface area contributed by atoms with Crippen molar-refractivity contribution in [3.63, 3.8) is 0 Å². The van der Waals surface area contributed by atoms with Gasteiger partial charge in [0.05, 0.1) is 5.56 Å². The van der Waals surface area contributed by atoms with Gasteiger partial charge in [0.15, 0.2) is 0 Å². The van der Waals surface area contributed by atoms with E-state index in [9.17, 15) is 9.90 Å². The van der Waals surface area contributed by atoms with Gasteiger partial charge in [-0.05, 0) is 64.5 Å². The molecule has 0 atom stereocenters. The van der Waals surface area contributed by atoms with Gasteiger partial charge in [0.2, 0.25) is 0 Å². The molecule has 3 rings (SSSR count). The summed E-state index contributed by atoms with van der Waals surface area (Å²) in [6, 6.07) is 13.8. The Balaban J connectivity index is 2.19. The standard InChI is InChI=1S/C24H28O2/c1-16(15-17-9-6-7-10-19(17)22(25)26)18-11-8-12-20-21(18)24(4,5)14-13-23(20,2)3/h6-12,15H,13-14H2,1-5H3,(H,25,26)/b16-15+. The van der Waals surface area contributed by atoms with Crippen molar-refractivity contribution in [1.29, 1.82) is 0 Å². The molecule has 0 aliphatic heterocycles. The molecule has 1 aliphatic carbocycles. The number of carbonyl (C=O) groups is 1. The number of allylic oxidation sites excluding steroid dienone is 1. The third-order valence-corrected chi connectivity index (χ3v) is 5.83. The van der Waals surface area contributed by atoms with E-state index in [1.807, 2.05) is 18.2 Å². The maximum Gasteiger partial charge on any atom is 0.336 e. The summed E-state index contributed by atoms with van der Waals surface area (Å²) in [5.41, 5.74) is 6.56. The molecule has 0 amide bonds. The molecule has 136 valence electrons. The van der Waals surface area contributed by atoms with Gasteiger partial charge >= 0.3 is 5.97 Å². The molecule has 26 heavy (non-hydrogen) atoms. The number of carboxylic acid groups (broad SMARTS) is 1. The van der Waals surface area contributed by atoms with Crippen LogP contribution < -0.4 is 0 Å². The summed E-state index contributed by atoms with van der Waals surface area (Å²) in [5, 5.41) is 9.46. The molecular formula is C24H28O2. The lowest BCUT2D eigenvalue weighted by Crippen LogP contribution is -2.34. The molecule has 0 spiro atoms. The van der Waals surface area contributed by atoms with E-state index in [1.54, 1.807) is 12.1 Å². The first kappa shape index (κ1) is 18.4. The van der Waals surface area contributed by atoms with E-state index in [1.165, 1.54) is 23.1 Å². The van der Waals surface area contributed by atoms with E-state index < -0.39 is 5.97 Å². The average molecular weight is 348 g/mol. The largest absolute Gasteiger partial charge is 0.478 e. The highest BCUT2D eigenvalue weighted by atomic mass is 16.4. The first-order valence-electron chi connectivity index (χ1n) is 9.28. The number of aromatic carboxylic acids is 1. The number of carboxylic acids is 1. The topological polar surface area (TPSA) is 37.3 Å². The van der Waals surface area contributed by atoms with Crippen LogP contribution in [0.1, 0.15) is 80.1 Å². The Morgan fingerprint density at radius 2 is 1.54 bits per heavy atom. The SMILES string of the molecule is C/C(=C\c1ccccc1C(=O)O)c1cccc2c1C(C)(C)CCC2(C)C. The van der Waals surface area contributed by atoms with Crippen LogP contribution in [0.15, 0.2) is 42.5 Å². The minimum Gasteiger partial charge on any atom is -0.478 e. The molecule has 0 aromatic heterocycles. The molecule has 0 radical (unpaired) electrons. The van der Waals surface area contributed by atoms with Crippen LogP contribution in [-0.2, 0) is 10.8 Å². The molecule has 0 saturated heterocycles. The van der Waals surface area contributed by atoms with E-state index in [0.29, 0.717) is 5.56 Å². The predicted molar refractivity (Wildman–Crippen MR) is 109 cm³/mol. The molecule has 2 aromatic carbocycles. The number of fused-ring (bicyclic) bond motifs is 1. The molecule has 0 bridgehead atoms. The first-order chi connectivity index (χ1) is 12.1. The second-order valence-electron chi connectivity index (χ2n) is 8.72. The summed E-state index contributed by atoms with van der Waals surface area (Å²) >= 11 is 0. The molecule has 0 fully saturated rings. The highest BCUT2D eigenvalue weighted by Gasteiger charge is 2.38. The minimum absolute atomic E-state index is 0.114. The highest BCUT2D eigenvalue weighted by molar-refractivity contribution is 5.95. The van der Waals surface area contributed by atoms with Crippen LogP contribution in [0.3, 0.4) is 0 Å². The summed E-state index contributed by atoms with van der Waals surface area (Å²) in [5.74, 6) is -0.888. The predicted octanol–water partition coefficient (Wildman–Crippen LogP) is 6.29. The molecule has 2 aromatic rings. The zero-order valence-electron chi connectivity index (χ0n) is 16.4. The van der Waals surface area contributed by atoms with E-state index in [2.05, 4.69) is 52.8 Å². The van der Waals surface area contributed by atoms with Gasteiger partial charge in [0, 0.05) is 0 Å². The van der Waals surface area contributed by atoms with Gasteiger partial charge in [-0.3, -0.25) is 0 Å². The van der Waals surface area contributed by atoms with Crippen LogP contribution in [-0.4, -0.2) is 11.1 Å². The lowest BCUT2D eigenvalue weighted by molar-refractivity contribution is 0.0696. The smallest absolute Gasteiger partial charge is 0.336 e. The lowest BCUT2D eigenvalue weighted by atomic mass is 9.61. The molecule has 1 aliphatic rings. The van der Waals surface area contributed by atoms with Crippen molar-refractivity contribution in [2.24, 2.45) is 0 Å². The molecule has 0 unspecified atom stereocenters. The summed E-state index contributed by atoms with van der Waals surface area (Å²) in [4.78, 5) is 11.5. The van der Waals surface area contributed by atoms with Crippen molar-refractivity contribution in [1.82, 2.24) is 0 Å². The number of hydrogen-bond acceptors (Lipinski definition) is 1. The van der Waals surface area contributed by atoms with Crippen molar-refractivity contribution >= 4 is 17.6 Å². The van der Waals surface area contributed by atoms with Gasteiger partial charge in [-0.1, -0.05) is 70.2 Å². The fourth-order valence-electron chi connectivity index (χ4n) is 4.19. The molecule has 1 N–H and O–H groups in total. The summed E-state index contributed by atoms with van der Waals surface area (Å²) in [7, 11) is 0. The highest BCUT2D eigenvalue weighted by Crippen LogP contribution is 2.48. The van der Waals surface area contributed by atoms with Crippen LogP contribution in [0.5, 0.6) is 0 Å². The second kappa shape index (κ2) is 6.42. The van der Waals surface area contributed by atoms with Crippen LogP contribution in [0.25, 0.3) is 11.6 Å². The third-order valence-electron chi connectivity index (χ3n) is 5.83. The average Bonchev–Trinajstić information content (AvgIpc) is 2.59. The van der Waals surface area contributed by atoms with Gasteiger partial charge in [-0.2, -0.15) is 0 Å². The van der Waals surface area contributed by atoms with Crippen LogP contribution >= 0.6 is 0 Å². The Bertz CT molecular complexity index is 885. The lowest BCUT2D eigenvalue weighted by Gasteiger charge is -2.43. The van der Waals surface area contributed by atoms with Crippen molar-refractivity contribution < 1.29 is 9.90 Å². The summed E-state index contributed by atoms with van der Waals surface area (Å²) < 4.78 is 0. The minimum atomic E-state index is -0.888. The quantitative estimate of drug-likeness (QED) is 0.661. The van der Waals surface area contributed by atoms with E-state index in [-0.39, 0.29) is 10.8 Å². The maximum absolute atomic E-state index is 11.5.